The molecule has 2 aliphatic carbocycles. The van der Waals surface area contributed by atoms with Gasteiger partial charge in [-0.2, -0.15) is 0 Å². The second kappa shape index (κ2) is 6.64. The Kier molecular flexibility index (Phi) is 5.15. The molecule has 2 unspecified atom stereocenters. The molecule has 2 rings (SSSR count). The van der Waals surface area contributed by atoms with Crippen LogP contribution in [-0.4, -0.2) is 13.1 Å². The van der Waals surface area contributed by atoms with E-state index in [0.29, 0.717) is 0 Å². The molecule has 0 aliphatic heterocycles. The first-order chi connectivity index (χ1) is 7.92. The van der Waals surface area contributed by atoms with Crippen molar-refractivity contribution in [1.82, 2.24) is 5.32 Å². The molecule has 0 spiro atoms. The summed E-state index contributed by atoms with van der Waals surface area (Å²) < 4.78 is 0. The van der Waals surface area contributed by atoms with Crippen molar-refractivity contribution in [1.29, 1.82) is 0 Å². The molecular formula is C15H29N. The lowest BCUT2D eigenvalue weighted by Gasteiger charge is -2.39. The molecule has 0 aromatic heterocycles. The summed E-state index contributed by atoms with van der Waals surface area (Å²) >= 11 is 0. The van der Waals surface area contributed by atoms with E-state index in [9.17, 15) is 0 Å². The van der Waals surface area contributed by atoms with Crippen LogP contribution in [0.5, 0.6) is 0 Å². The van der Waals surface area contributed by atoms with E-state index in [1.807, 2.05) is 0 Å². The average Bonchev–Trinajstić information content (AvgIpc) is 2.38. The number of hydrogen-bond acceptors (Lipinski definition) is 1. The highest BCUT2D eigenvalue weighted by Crippen LogP contribution is 2.41. The molecule has 2 atom stereocenters. The van der Waals surface area contributed by atoms with Gasteiger partial charge in [-0.15, -0.1) is 0 Å². The van der Waals surface area contributed by atoms with Crippen molar-refractivity contribution in [3.63, 3.8) is 0 Å². The predicted octanol–water partition coefficient (Wildman–Crippen LogP) is 3.98. The van der Waals surface area contributed by atoms with Crippen LogP contribution in [0.15, 0.2) is 0 Å². The second-order valence-electron chi connectivity index (χ2n) is 5.91. The van der Waals surface area contributed by atoms with Gasteiger partial charge in [-0.1, -0.05) is 51.9 Å². The minimum absolute atomic E-state index is 0.997. The van der Waals surface area contributed by atoms with Crippen molar-refractivity contribution in [3.05, 3.63) is 0 Å². The van der Waals surface area contributed by atoms with Crippen molar-refractivity contribution in [2.45, 2.75) is 64.7 Å². The molecule has 0 aromatic rings. The Morgan fingerprint density at radius 2 is 1.56 bits per heavy atom. The molecule has 2 aliphatic rings. The summed E-state index contributed by atoms with van der Waals surface area (Å²) in [6.07, 6.45) is 13.6. The summed E-state index contributed by atoms with van der Waals surface area (Å²) in [6.45, 7) is 4.67. The number of nitrogens with one attached hydrogen (secondary N) is 1. The minimum atomic E-state index is 0.997. The molecular weight excluding hydrogens is 194 g/mol. The molecule has 1 nitrogen and oxygen atoms in total. The van der Waals surface area contributed by atoms with E-state index in [-0.39, 0.29) is 0 Å². The fourth-order valence-electron chi connectivity index (χ4n) is 4.00. The third kappa shape index (κ3) is 3.23. The van der Waals surface area contributed by atoms with E-state index in [1.165, 1.54) is 64.3 Å². The van der Waals surface area contributed by atoms with Gasteiger partial charge in [-0.25, -0.2) is 0 Å². The molecule has 16 heavy (non-hydrogen) atoms. The Bertz CT molecular complexity index is 184. The number of rotatable bonds is 4. The van der Waals surface area contributed by atoms with Crippen LogP contribution in [0.4, 0.5) is 0 Å². The molecule has 0 saturated heterocycles. The van der Waals surface area contributed by atoms with Gasteiger partial charge in [-0.05, 0) is 43.7 Å². The first kappa shape index (κ1) is 12.4. The van der Waals surface area contributed by atoms with Gasteiger partial charge in [0.15, 0.2) is 0 Å². The second-order valence-corrected chi connectivity index (χ2v) is 5.91. The molecule has 2 saturated carbocycles. The molecule has 0 amide bonds. The van der Waals surface area contributed by atoms with Crippen LogP contribution in [0.25, 0.3) is 0 Å². The summed E-state index contributed by atoms with van der Waals surface area (Å²) in [5.41, 5.74) is 0. The summed E-state index contributed by atoms with van der Waals surface area (Å²) in [5, 5.41) is 3.59. The fraction of sp³-hybridized carbons (Fsp3) is 1.00. The standard InChI is InChI=1S/C15H29N/c1-2-16-12-14-10-6-7-11-15(14)13-8-4-3-5-9-13/h13-16H,2-12H2,1H3. The molecule has 0 aromatic carbocycles. The molecule has 94 valence electrons. The lowest BCUT2D eigenvalue weighted by atomic mass is 9.68. The van der Waals surface area contributed by atoms with Crippen molar-refractivity contribution >= 4 is 0 Å². The zero-order valence-electron chi connectivity index (χ0n) is 11.0. The van der Waals surface area contributed by atoms with Gasteiger partial charge in [0.2, 0.25) is 0 Å². The van der Waals surface area contributed by atoms with E-state index in [4.69, 9.17) is 0 Å². The van der Waals surface area contributed by atoms with Crippen LogP contribution in [0, 0.1) is 17.8 Å². The summed E-state index contributed by atoms with van der Waals surface area (Å²) in [4.78, 5) is 0. The van der Waals surface area contributed by atoms with Crippen LogP contribution in [0.3, 0.4) is 0 Å². The van der Waals surface area contributed by atoms with Crippen LogP contribution >= 0.6 is 0 Å². The van der Waals surface area contributed by atoms with E-state index >= 15 is 0 Å². The van der Waals surface area contributed by atoms with E-state index in [1.54, 1.807) is 0 Å². The van der Waals surface area contributed by atoms with Gasteiger partial charge in [-0.3, -0.25) is 0 Å². The van der Waals surface area contributed by atoms with E-state index in [0.717, 1.165) is 24.3 Å². The van der Waals surface area contributed by atoms with E-state index < -0.39 is 0 Å². The molecule has 0 bridgehead atoms. The van der Waals surface area contributed by atoms with Gasteiger partial charge in [0.1, 0.15) is 0 Å². The first-order valence-electron chi connectivity index (χ1n) is 7.62. The van der Waals surface area contributed by atoms with Crippen molar-refractivity contribution in [2.75, 3.05) is 13.1 Å². The minimum Gasteiger partial charge on any atom is -0.317 e. The lowest BCUT2D eigenvalue weighted by Crippen LogP contribution is -2.35. The van der Waals surface area contributed by atoms with Gasteiger partial charge >= 0.3 is 0 Å². The molecule has 1 heteroatoms. The Balaban J connectivity index is 1.86. The summed E-state index contributed by atoms with van der Waals surface area (Å²) in [6, 6.07) is 0. The van der Waals surface area contributed by atoms with Gasteiger partial charge < -0.3 is 5.32 Å². The van der Waals surface area contributed by atoms with Crippen LogP contribution < -0.4 is 5.32 Å². The highest BCUT2D eigenvalue weighted by Gasteiger charge is 2.31. The monoisotopic (exact) mass is 223 g/mol. The first-order valence-corrected chi connectivity index (χ1v) is 7.62. The normalized spacial score (nSPS) is 32.8. The highest BCUT2D eigenvalue weighted by atomic mass is 14.8. The maximum atomic E-state index is 3.59. The summed E-state index contributed by atoms with van der Waals surface area (Å²) in [5.74, 6) is 3.14. The zero-order valence-corrected chi connectivity index (χ0v) is 11.0. The van der Waals surface area contributed by atoms with Crippen molar-refractivity contribution in [2.24, 2.45) is 17.8 Å². The van der Waals surface area contributed by atoms with Crippen molar-refractivity contribution in [3.8, 4) is 0 Å². The highest BCUT2D eigenvalue weighted by molar-refractivity contribution is 4.83. The van der Waals surface area contributed by atoms with Crippen LogP contribution in [0.1, 0.15) is 64.7 Å². The molecule has 2 fully saturated rings. The SMILES string of the molecule is CCNCC1CCCCC1C1CCCCC1. The zero-order chi connectivity index (χ0) is 11.2. The molecule has 0 heterocycles. The van der Waals surface area contributed by atoms with Gasteiger partial charge in [0.05, 0.1) is 0 Å². The quantitative estimate of drug-likeness (QED) is 0.760. The third-order valence-corrected chi connectivity index (χ3v) is 4.88. The number of hydrogen-bond donors (Lipinski definition) is 1. The van der Waals surface area contributed by atoms with Crippen molar-refractivity contribution < 1.29 is 0 Å². The molecule has 0 radical (unpaired) electrons. The smallest absolute Gasteiger partial charge is 0.00179 e. The predicted molar refractivity (Wildman–Crippen MR) is 70.6 cm³/mol. The van der Waals surface area contributed by atoms with Gasteiger partial charge in [0.25, 0.3) is 0 Å². The lowest BCUT2D eigenvalue weighted by molar-refractivity contribution is 0.127. The Labute approximate surface area is 101 Å². The average molecular weight is 223 g/mol. The maximum absolute atomic E-state index is 3.59. The molecule has 1 N–H and O–H groups in total. The topological polar surface area (TPSA) is 12.0 Å². The third-order valence-electron chi connectivity index (χ3n) is 4.88. The van der Waals surface area contributed by atoms with Crippen LogP contribution in [0.2, 0.25) is 0 Å². The van der Waals surface area contributed by atoms with Crippen LogP contribution in [-0.2, 0) is 0 Å². The van der Waals surface area contributed by atoms with Gasteiger partial charge in [0, 0.05) is 0 Å². The Hall–Kier alpha value is -0.0400. The summed E-state index contributed by atoms with van der Waals surface area (Å²) in [7, 11) is 0. The largest absolute Gasteiger partial charge is 0.317 e. The Morgan fingerprint density at radius 3 is 2.31 bits per heavy atom. The van der Waals surface area contributed by atoms with E-state index in [2.05, 4.69) is 12.2 Å². The maximum Gasteiger partial charge on any atom is -0.00179 e. The Morgan fingerprint density at radius 1 is 0.875 bits per heavy atom. The fourth-order valence-corrected chi connectivity index (χ4v) is 4.00.